The Hall–Kier alpha value is -2.92. The molecule has 1 aliphatic heterocycles. The molecule has 2 N–H and O–H groups in total. The van der Waals surface area contributed by atoms with E-state index in [-0.39, 0.29) is 11.7 Å². The molecular formula is C22H21N3OS. The summed E-state index contributed by atoms with van der Waals surface area (Å²) in [5.41, 5.74) is 3.88. The SMILES string of the molecule is Cc1csc(C2=C(O)CN(CC(c3ccccc3)c3ccccc3)C2=N)n1. The van der Waals surface area contributed by atoms with Crippen LogP contribution < -0.4 is 0 Å². The second-order valence-electron chi connectivity index (χ2n) is 6.72. The van der Waals surface area contributed by atoms with Gasteiger partial charge in [0, 0.05) is 23.5 Å². The summed E-state index contributed by atoms with van der Waals surface area (Å²) >= 11 is 1.47. The number of aliphatic hydroxyl groups is 1. The second-order valence-corrected chi connectivity index (χ2v) is 7.58. The lowest BCUT2D eigenvalue weighted by Gasteiger charge is -2.26. The van der Waals surface area contributed by atoms with Crippen LogP contribution >= 0.6 is 11.3 Å². The number of rotatable bonds is 5. The predicted octanol–water partition coefficient (Wildman–Crippen LogP) is 4.85. The molecule has 0 saturated carbocycles. The number of benzene rings is 2. The molecule has 1 aromatic heterocycles. The first kappa shape index (κ1) is 17.5. The van der Waals surface area contributed by atoms with Crippen LogP contribution in [0.4, 0.5) is 0 Å². The van der Waals surface area contributed by atoms with Gasteiger partial charge in [0.15, 0.2) is 0 Å². The Kier molecular flexibility index (Phi) is 4.77. The topological polar surface area (TPSA) is 60.2 Å². The number of aryl methyl sites for hydroxylation is 1. The van der Waals surface area contributed by atoms with Gasteiger partial charge in [-0.05, 0) is 18.1 Å². The van der Waals surface area contributed by atoms with E-state index in [4.69, 9.17) is 5.41 Å². The Morgan fingerprint density at radius 2 is 1.67 bits per heavy atom. The molecule has 3 aromatic rings. The van der Waals surface area contributed by atoms with Gasteiger partial charge in [-0.15, -0.1) is 11.3 Å². The first-order valence-corrected chi connectivity index (χ1v) is 9.80. The average molecular weight is 375 g/mol. The quantitative estimate of drug-likeness (QED) is 0.670. The highest BCUT2D eigenvalue weighted by Crippen LogP contribution is 2.33. The van der Waals surface area contributed by atoms with Crippen LogP contribution in [0.25, 0.3) is 5.57 Å². The molecule has 0 aliphatic carbocycles. The number of hydrogen-bond acceptors (Lipinski definition) is 4. The van der Waals surface area contributed by atoms with Crippen molar-refractivity contribution in [3.63, 3.8) is 0 Å². The summed E-state index contributed by atoms with van der Waals surface area (Å²) in [6.07, 6.45) is 0. The number of amidine groups is 1. The number of aromatic nitrogens is 1. The van der Waals surface area contributed by atoms with Gasteiger partial charge in [0.25, 0.3) is 0 Å². The normalized spacial score (nSPS) is 14.4. The number of nitrogens with zero attached hydrogens (tertiary/aromatic N) is 2. The average Bonchev–Trinajstić information content (AvgIpc) is 3.23. The van der Waals surface area contributed by atoms with Gasteiger partial charge in [-0.2, -0.15) is 0 Å². The van der Waals surface area contributed by atoms with Crippen molar-refractivity contribution in [3.8, 4) is 0 Å². The largest absolute Gasteiger partial charge is 0.510 e. The van der Waals surface area contributed by atoms with Crippen LogP contribution in [0.2, 0.25) is 0 Å². The zero-order chi connectivity index (χ0) is 18.8. The summed E-state index contributed by atoms with van der Waals surface area (Å²) < 4.78 is 0. The maximum Gasteiger partial charge on any atom is 0.135 e. The highest BCUT2D eigenvalue weighted by atomic mass is 32.1. The molecule has 0 spiro atoms. The van der Waals surface area contributed by atoms with Gasteiger partial charge >= 0.3 is 0 Å². The van der Waals surface area contributed by atoms with E-state index in [1.54, 1.807) is 0 Å². The zero-order valence-electron chi connectivity index (χ0n) is 15.1. The van der Waals surface area contributed by atoms with Crippen LogP contribution in [-0.4, -0.2) is 33.9 Å². The van der Waals surface area contributed by atoms with Gasteiger partial charge in [-0.25, -0.2) is 4.98 Å². The van der Waals surface area contributed by atoms with Gasteiger partial charge in [0.1, 0.15) is 16.6 Å². The van der Waals surface area contributed by atoms with Gasteiger partial charge in [-0.3, -0.25) is 5.41 Å². The monoisotopic (exact) mass is 375 g/mol. The summed E-state index contributed by atoms with van der Waals surface area (Å²) in [6, 6.07) is 20.7. The molecule has 0 unspecified atom stereocenters. The van der Waals surface area contributed by atoms with Crippen molar-refractivity contribution in [3.05, 3.63) is 93.6 Å². The van der Waals surface area contributed by atoms with Crippen LogP contribution in [-0.2, 0) is 0 Å². The third kappa shape index (κ3) is 3.51. The zero-order valence-corrected chi connectivity index (χ0v) is 15.9. The molecule has 0 atom stereocenters. The molecule has 1 aliphatic rings. The Morgan fingerprint density at radius 1 is 1.07 bits per heavy atom. The van der Waals surface area contributed by atoms with E-state index in [9.17, 15) is 5.11 Å². The fraction of sp³-hybridized carbons (Fsp3) is 0.182. The third-order valence-electron chi connectivity index (χ3n) is 4.82. The highest BCUT2D eigenvalue weighted by molar-refractivity contribution is 7.11. The molecule has 4 rings (SSSR count). The van der Waals surface area contributed by atoms with Crippen LogP contribution in [0.5, 0.6) is 0 Å². The van der Waals surface area contributed by atoms with Crippen molar-refractivity contribution in [2.24, 2.45) is 0 Å². The summed E-state index contributed by atoms with van der Waals surface area (Å²) in [5, 5.41) is 21.8. The molecular weight excluding hydrogens is 354 g/mol. The number of hydrogen-bond donors (Lipinski definition) is 2. The van der Waals surface area contributed by atoms with E-state index < -0.39 is 0 Å². The molecule has 0 amide bonds. The maximum absolute atomic E-state index is 10.5. The summed E-state index contributed by atoms with van der Waals surface area (Å²) in [7, 11) is 0. The van der Waals surface area contributed by atoms with Gasteiger partial charge in [-0.1, -0.05) is 60.7 Å². The van der Waals surface area contributed by atoms with Crippen molar-refractivity contribution >= 4 is 22.7 Å². The van der Waals surface area contributed by atoms with Gasteiger partial charge in [0.2, 0.25) is 0 Å². The second kappa shape index (κ2) is 7.37. The van der Waals surface area contributed by atoms with E-state index in [0.29, 0.717) is 29.5 Å². The van der Waals surface area contributed by atoms with E-state index in [0.717, 1.165) is 5.69 Å². The predicted molar refractivity (Wildman–Crippen MR) is 110 cm³/mol. The summed E-state index contributed by atoms with van der Waals surface area (Å²) in [5.74, 6) is 0.700. The molecule has 0 fully saturated rings. The summed E-state index contributed by atoms with van der Waals surface area (Å²) in [6.45, 7) is 2.91. The van der Waals surface area contributed by atoms with Crippen molar-refractivity contribution in [1.29, 1.82) is 5.41 Å². The first-order chi connectivity index (χ1) is 13.1. The number of thiazole rings is 1. The lowest BCUT2D eigenvalue weighted by molar-refractivity contribution is 0.344. The Balaban J connectivity index is 1.62. The van der Waals surface area contributed by atoms with Crippen LogP contribution in [0.15, 0.2) is 71.8 Å². The van der Waals surface area contributed by atoms with Gasteiger partial charge in [0.05, 0.1) is 12.1 Å². The molecule has 0 saturated heterocycles. The molecule has 27 heavy (non-hydrogen) atoms. The standard InChI is InChI=1S/C22H21N3OS/c1-15-14-27-22(24-15)20-19(26)13-25(21(20)23)12-18(16-8-4-2-5-9-16)17-10-6-3-7-11-17/h2-11,14,18,23,26H,12-13H2,1H3. The minimum atomic E-state index is 0.123. The molecule has 2 aromatic carbocycles. The van der Waals surface area contributed by atoms with E-state index in [1.165, 1.54) is 22.5 Å². The van der Waals surface area contributed by atoms with Crippen molar-refractivity contribution in [2.45, 2.75) is 12.8 Å². The molecule has 136 valence electrons. The van der Waals surface area contributed by atoms with Crippen molar-refractivity contribution in [2.75, 3.05) is 13.1 Å². The minimum absolute atomic E-state index is 0.123. The van der Waals surface area contributed by atoms with E-state index in [2.05, 4.69) is 29.2 Å². The van der Waals surface area contributed by atoms with Crippen LogP contribution in [0.3, 0.4) is 0 Å². The summed E-state index contributed by atoms with van der Waals surface area (Å²) in [4.78, 5) is 6.39. The number of nitrogens with one attached hydrogen (secondary N) is 1. The minimum Gasteiger partial charge on any atom is -0.510 e. The first-order valence-electron chi connectivity index (χ1n) is 8.92. The maximum atomic E-state index is 10.5. The third-order valence-corrected chi connectivity index (χ3v) is 5.80. The Labute approximate surface area is 163 Å². The molecule has 0 radical (unpaired) electrons. The van der Waals surface area contributed by atoms with E-state index >= 15 is 0 Å². The Morgan fingerprint density at radius 3 is 2.19 bits per heavy atom. The molecule has 0 bridgehead atoms. The van der Waals surface area contributed by atoms with Crippen LogP contribution in [0.1, 0.15) is 27.7 Å². The molecule has 5 heteroatoms. The lowest BCUT2D eigenvalue weighted by Crippen LogP contribution is -2.31. The lowest BCUT2D eigenvalue weighted by atomic mass is 9.91. The highest BCUT2D eigenvalue weighted by Gasteiger charge is 2.32. The van der Waals surface area contributed by atoms with Crippen molar-refractivity contribution in [1.82, 2.24) is 9.88 Å². The fourth-order valence-corrected chi connectivity index (χ4v) is 4.34. The van der Waals surface area contributed by atoms with E-state index in [1.807, 2.05) is 53.6 Å². The van der Waals surface area contributed by atoms with Crippen LogP contribution in [0, 0.1) is 12.3 Å². The Bertz CT molecular complexity index is 940. The molecule has 2 heterocycles. The molecule has 4 nitrogen and oxygen atoms in total. The van der Waals surface area contributed by atoms with Gasteiger partial charge < -0.3 is 10.0 Å². The van der Waals surface area contributed by atoms with Crippen molar-refractivity contribution < 1.29 is 5.11 Å². The smallest absolute Gasteiger partial charge is 0.135 e. The fourth-order valence-electron chi connectivity index (χ4n) is 3.48. The number of aliphatic hydroxyl groups excluding tert-OH is 1.